The Morgan fingerprint density at radius 3 is 2.25 bits per heavy atom. The van der Waals surface area contributed by atoms with Crippen molar-refractivity contribution in [1.82, 2.24) is 0 Å². The van der Waals surface area contributed by atoms with Crippen molar-refractivity contribution in [3.63, 3.8) is 0 Å². The van der Waals surface area contributed by atoms with Gasteiger partial charge in [0.1, 0.15) is 0 Å². The lowest BCUT2D eigenvalue weighted by Crippen LogP contribution is -2.37. The number of nitrogens with one attached hydrogen (secondary N) is 1. The highest BCUT2D eigenvalue weighted by molar-refractivity contribution is 7.90. The Morgan fingerprint density at radius 2 is 1.80 bits per heavy atom. The number of hydrogen-bond acceptors (Lipinski definition) is 4. The fourth-order valence-electron chi connectivity index (χ4n) is 2.78. The summed E-state index contributed by atoms with van der Waals surface area (Å²) in [6.07, 6.45) is 4.93. The van der Waals surface area contributed by atoms with Gasteiger partial charge in [-0.25, -0.2) is 8.42 Å². The molecule has 0 spiro atoms. The zero-order valence-electron chi connectivity index (χ0n) is 11.4. The largest absolute Gasteiger partial charge is 0.481 e. The molecule has 2 rings (SSSR count). The average molecular weight is 297 g/mol. The Bertz CT molecular complexity index is 586. The molecule has 0 bridgehead atoms. The highest BCUT2D eigenvalue weighted by Gasteiger charge is 2.35. The van der Waals surface area contributed by atoms with Gasteiger partial charge in [-0.2, -0.15) is 0 Å². The van der Waals surface area contributed by atoms with E-state index in [0.29, 0.717) is 0 Å². The summed E-state index contributed by atoms with van der Waals surface area (Å²) in [7, 11) is -3.20. The van der Waals surface area contributed by atoms with Crippen LogP contribution < -0.4 is 5.32 Å². The minimum atomic E-state index is -3.20. The van der Waals surface area contributed by atoms with Crippen LogP contribution in [0.4, 0.5) is 5.69 Å². The number of benzene rings is 1. The van der Waals surface area contributed by atoms with Gasteiger partial charge in [0, 0.05) is 17.5 Å². The maximum Gasteiger partial charge on any atom is 0.305 e. The first kappa shape index (κ1) is 14.8. The first-order valence-electron chi connectivity index (χ1n) is 6.61. The van der Waals surface area contributed by atoms with Crippen molar-refractivity contribution in [3.8, 4) is 0 Å². The van der Waals surface area contributed by atoms with Crippen LogP contribution >= 0.6 is 0 Å². The van der Waals surface area contributed by atoms with Crippen LogP contribution in [-0.4, -0.2) is 31.3 Å². The second-order valence-electron chi connectivity index (χ2n) is 5.48. The van der Waals surface area contributed by atoms with Crippen LogP contribution in [0.15, 0.2) is 29.2 Å². The van der Waals surface area contributed by atoms with Gasteiger partial charge in [0.25, 0.3) is 0 Å². The predicted molar refractivity (Wildman–Crippen MR) is 76.6 cm³/mol. The quantitative estimate of drug-likeness (QED) is 0.871. The molecular formula is C14H19NO4S. The summed E-state index contributed by atoms with van der Waals surface area (Å²) in [5, 5.41) is 12.3. The highest BCUT2D eigenvalue weighted by atomic mass is 32.2. The summed E-state index contributed by atoms with van der Waals surface area (Å²) in [6.45, 7) is 0. The molecule has 20 heavy (non-hydrogen) atoms. The summed E-state index contributed by atoms with van der Waals surface area (Å²) >= 11 is 0. The number of hydrogen-bond donors (Lipinski definition) is 2. The normalized spacial score (nSPS) is 17.9. The molecule has 0 amide bonds. The van der Waals surface area contributed by atoms with Gasteiger partial charge in [-0.1, -0.05) is 12.8 Å². The van der Waals surface area contributed by atoms with Gasteiger partial charge >= 0.3 is 5.97 Å². The topological polar surface area (TPSA) is 83.5 Å². The molecular weight excluding hydrogens is 278 g/mol. The van der Waals surface area contributed by atoms with Crippen molar-refractivity contribution >= 4 is 21.5 Å². The first-order chi connectivity index (χ1) is 9.31. The molecule has 110 valence electrons. The monoisotopic (exact) mass is 297 g/mol. The van der Waals surface area contributed by atoms with E-state index in [0.717, 1.165) is 31.4 Å². The number of sulfone groups is 1. The number of rotatable bonds is 5. The van der Waals surface area contributed by atoms with Crippen LogP contribution in [0.1, 0.15) is 32.1 Å². The third-order valence-electron chi connectivity index (χ3n) is 3.74. The third-order valence-corrected chi connectivity index (χ3v) is 4.87. The molecule has 1 aromatic rings. The summed E-state index contributed by atoms with van der Waals surface area (Å²) < 4.78 is 22.8. The van der Waals surface area contributed by atoms with Crippen molar-refractivity contribution in [3.05, 3.63) is 24.3 Å². The second kappa shape index (κ2) is 5.44. The minimum Gasteiger partial charge on any atom is -0.481 e. The number of carbonyl (C=O) groups is 1. The Hall–Kier alpha value is -1.56. The highest BCUT2D eigenvalue weighted by Crippen LogP contribution is 2.36. The molecule has 1 aliphatic rings. The van der Waals surface area contributed by atoms with Crippen LogP contribution in [0.5, 0.6) is 0 Å². The number of aliphatic carboxylic acids is 1. The van der Waals surface area contributed by atoms with E-state index in [1.165, 1.54) is 6.26 Å². The molecule has 0 saturated heterocycles. The van der Waals surface area contributed by atoms with E-state index >= 15 is 0 Å². The summed E-state index contributed by atoms with van der Waals surface area (Å²) in [4.78, 5) is 11.3. The van der Waals surface area contributed by atoms with E-state index in [-0.39, 0.29) is 11.3 Å². The van der Waals surface area contributed by atoms with Gasteiger partial charge in [0.2, 0.25) is 0 Å². The van der Waals surface area contributed by atoms with E-state index in [4.69, 9.17) is 5.11 Å². The van der Waals surface area contributed by atoms with Crippen LogP contribution in [0.25, 0.3) is 0 Å². The van der Waals surface area contributed by atoms with Gasteiger partial charge in [-0.15, -0.1) is 0 Å². The minimum absolute atomic E-state index is 0.0842. The van der Waals surface area contributed by atoms with Gasteiger partial charge in [0.15, 0.2) is 9.84 Å². The predicted octanol–water partition coefficient (Wildman–Crippen LogP) is 2.29. The molecule has 0 aromatic heterocycles. The lowest BCUT2D eigenvalue weighted by molar-refractivity contribution is -0.138. The molecule has 5 nitrogen and oxygen atoms in total. The molecule has 0 aliphatic heterocycles. The van der Waals surface area contributed by atoms with E-state index in [1.807, 2.05) is 0 Å². The molecule has 1 aromatic carbocycles. The van der Waals surface area contributed by atoms with Gasteiger partial charge < -0.3 is 10.4 Å². The van der Waals surface area contributed by atoms with E-state index < -0.39 is 21.3 Å². The van der Waals surface area contributed by atoms with Crippen molar-refractivity contribution in [2.75, 3.05) is 11.6 Å². The summed E-state index contributed by atoms with van der Waals surface area (Å²) in [5.74, 6) is -0.813. The molecule has 0 heterocycles. The Labute approximate surface area is 118 Å². The summed E-state index contributed by atoms with van der Waals surface area (Å²) in [5.41, 5.74) is 0.360. The zero-order valence-corrected chi connectivity index (χ0v) is 12.2. The fourth-order valence-corrected chi connectivity index (χ4v) is 3.41. The standard InChI is InChI=1S/C14H19NO4S/c1-20(18,19)12-6-4-11(5-7-12)15-14(10-13(16)17)8-2-3-9-14/h4-7,15H,2-3,8-10H2,1H3,(H,16,17). The van der Waals surface area contributed by atoms with Crippen molar-refractivity contribution in [1.29, 1.82) is 0 Å². The Morgan fingerprint density at radius 1 is 1.25 bits per heavy atom. The van der Waals surface area contributed by atoms with Gasteiger partial charge in [-0.3, -0.25) is 4.79 Å². The smallest absolute Gasteiger partial charge is 0.305 e. The molecule has 0 unspecified atom stereocenters. The SMILES string of the molecule is CS(=O)(=O)c1ccc(NC2(CC(=O)O)CCCC2)cc1. The molecule has 1 fully saturated rings. The first-order valence-corrected chi connectivity index (χ1v) is 8.50. The fraction of sp³-hybridized carbons (Fsp3) is 0.500. The van der Waals surface area contributed by atoms with Crippen LogP contribution in [0, 0.1) is 0 Å². The maximum atomic E-state index is 11.4. The third kappa shape index (κ3) is 3.50. The number of carboxylic acid groups (broad SMARTS) is 1. The molecule has 1 saturated carbocycles. The van der Waals surface area contributed by atoms with Crippen molar-refractivity contribution in [2.45, 2.75) is 42.5 Å². The van der Waals surface area contributed by atoms with Crippen molar-refractivity contribution in [2.24, 2.45) is 0 Å². The lowest BCUT2D eigenvalue weighted by atomic mass is 9.93. The number of carboxylic acids is 1. The lowest BCUT2D eigenvalue weighted by Gasteiger charge is -2.30. The van der Waals surface area contributed by atoms with Crippen LogP contribution in [-0.2, 0) is 14.6 Å². The molecule has 0 radical (unpaired) electrons. The second-order valence-corrected chi connectivity index (χ2v) is 7.50. The zero-order chi connectivity index (χ0) is 14.8. The summed E-state index contributed by atoms with van der Waals surface area (Å²) in [6, 6.07) is 6.47. The molecule has 0 atom stereocenters. The van der Waals surface area contributed by atoms with E-state index in [2.05, 4.69) is 5.32 Å². The molecule has 6 heteroatoms. The molecule has 2 N–H and O–H groups in total. The van der Waals surface area contributed by atoms with Crippen LogP contribution in [0.3, 0.4) is 0 Å². The Kier molecular flexibility index (Phi) is 4.04. The molecule has 1 aliphatic carbocycles. The van der Waals surface area contributed by atoms with Crippen molar-refractivity contribution < 1.29 is 18.3 Å². The van der Waals surface area contributed by atoms with Gasteiger partial charge in [-0.05, 0) is 37.1 Å². The van der Waals surface area contributed by atoms with E-state index in [9.17, 15) is 13.2 Å². The average Bonchev–Trinajstić information content (AvgIpc) is 2.76. The van der Waals surface area contributed by atoms with Crippen LogP contribution in [0.2, 0.25) is 0 Å². The van der Waals surface area contributed by atoms with Gasteiger partial charge in [0.05, 0.1) is 11.3 Å². The maximum absolute atomic E-state index is 11.4. The van der Waals surface area contributed by atoms with E-state index in [1.54, 1.807) is 24.3 Å². The Balaban J connectivity index is 2.17. The number of anilines is 1.